The summed E-state index contributed by atoms with van der Waals surface area (Å²) in [6.07, 6.45) is 2.78. The largest absolute Gasteiger partial charge is 0.462 e. The molecule has 0 bridgehead atoms. The Labute approximate surface area is 107 Å². The lowest BCUT2D eigenvalue weighted by Gasteiger charge is -2.03. The summed E-state index contributed by atoms with van der Waals surface area (Å²) in [6.45, 7) is 1.16. The summed E-state index contributed by atoms with van der Waals surface area (Å²) in [4.78, 5) is 15.3. The minimum absolute atomic E-state index is 0.262. The van der Waals surface area contributed by atoms with Crippen LogP contribution in [0.2, 0.25) is 0 Å². The van der Waals surface area contributed by atoms with Crippen molar-refractivity contribution >= 4 is 23.3 Å². The maximum absolute atomic E-state index is 11.5. The van der Waals surface area contributed by atoms with Crippen LogP contribution in [0.25, 0.3) is 0 Å². The number of hydrogen-bond acceptors (Lipinski definition) is 4. The second-order valence-corrected chi connectivity index (χ2v) is 3.72. The Kier molecular flexibility index (Phi) is 6.87. The molecule has 0 aliphatic heterocycles. The molecule has 0 radical (unpaired) electrons. The normalized spacial score (nSPS) is 9.41. The molecular formula is C13H15NO2S. The Balaban J connectivity index is 2.11. The number of carbonyl (C=O) groups excluding carboxylic acids is 1. The van der Waals surface area contributed by atoms with Crippen molar-refractivity contribution in [2.45, 2.75) is 19.3 Å². The number of hydrogen-bond donors (Lipinski definition) is 0. The summed E-state index contributed by atoms with van der Waals surface area (Å²) < 4.78 is 5.13. The highest BCUT2D eigenvalue weighted by Gasteiger charge is 2.04. The van der Waals surface area contributed by atoms with Gasteiger partial charge in [0.15, 0.2) is 0 Å². The molecule has 1 rings (SSSR count). The zero-order valence-corrected chi connectivity index (χ0v) is 10.4. The highest BCUT2D eigenvalue weighted by atomic mass is 32.1. The van der Waals surface area contributed by atoms with E-state index in [1.807, 2.05) is 18.2 Å². The summed E-state index contributed by atoms with van der Waals surface area (Å²) in [5.41, 5.74) is 0.595. The molecule has 4 heteroatoms. The highest BCUT2D eigenvalue weighted by molar-refractivity contribution is 7.78. The minimum Gasteiger partial charge on any atom is -0.462 e. The Morgan fingerprint density at radius 1 is 1.24 bits per heavy atom. The topological polar surface area (TPSA) is 38.7 Å². The van der Waals surface area contributed by atoms with Crippen molar-refractivity contribution in [3.63, 3.8) is 0 Å². The first kappa shape index (κ1) is 13.6. The van der Waals surface area contributed by atoms with Crippen molar-refractivity contribution in [3.8, 4) is 0 Å². The van der Waals surface area contributed by atoms with Crippen molar-refractivity contribution < 1.29 is 9.53 Å². The fourth-order valence-electron chi connectivity index (χ4n) is 1.34. The highest BCUT2D eigenvalue weighted by Crippen LogP contribution is 2.03. The van der Waals surface area contributed by atoms with E-state index in [1.54, 1.807) is 12.1 Å². The first-order valence-corrected chi connectivity index (χ1v) is 6.01. The quantitative estimate of drug-likeness (QED) is 0.322. The molecule has 0 saturated heterocycles. The summed E-state index contributed by atoms with van der Waals surface area (Å²) in [7, 11) is 0. The van der Waals surface area contributed by atoms with E-state index in [9.17, 15) is 4.79 Å². The zero-order valence-electron chi connectivity index (χ0n) is 9.59. The number of unbranched alkanes of at least 4 members (excludes halogenated alkanes) is 2. The minimum atomic E-state index is -0.262. The fraction of sp³-hybridized carbons (Fsp3) is 0.385. The van der Waals surface area contributed by atoms with Crippen molar-refractivity contribution in [2.75, 3.05) is 13.2 Å². The van der Waals surface area contributed by atoms with Crippen molar-refractivity contribution in [1.29, 1.82) is 0 Å². The van der Waals surface area contributed by atoms with E-state index in [0.717, 1.165) is 19.3 Å². The van der Waals surface area contributed by atoms with E-state index in [4.69, 9.17) is 4.74 Å². The average Bonchev–Trinajstić information content (AvgIpc) is 2.38. The fourth-order valence-corrected chi connectivity index (χ4v) is 1.43. The maximum Gasteiger partial charge on any atom is 0.338 e. The molecular weight excluding hydrogens is 234 g/mol. The predicted octanol–water partition coefficient (Wildman–Crippen LogP) is 3.12. The molecule has 1 aromatic rings. The van der Waals surface area contributed by atoms with Crippen molar-refractivity contribution in [2.24, 2.45) is 4.99 Å². The number of carbonyl (C=O) groups is 1. The van der Waals surface area contributed by atoms with Crippen molar-refractivity contribution in [3.05, 3.63) is 35.9 Å². The maximum atomic E-state index is 11.5. The standard InChI is InChI=1S/C13H15NO2S/c15-13(12-7-3-1-4-8-12)16-10-6-2-5-9-14-11-17/h1,3-4,7-8H,2,5-6,9-10H2. The first-order valence-electron chi connectivity index (χ1n) is 5.60. The van der Waals surface area contributed by atoms with E-state index in [-0.39, 0.29) is 5.97 Å². The van der Waals surface area contributed by atoms with Gasteiger partial charge < -0.3 is 4.74 Å². The summed E-state index contributed by atoms with van der Waals surface area (Å²) in [6, 6.07) is 9.00. The number of aliphatic imine (C=N–C) groups is 1. The molecule has 3 nitrogen and oxygen atoms in total. The number of ether oxygens (including phenoxy) is 1. The molecule has 0 atom stereocenters. The van der Waals surface area contributed by atoms with Gasteiger partial charge in [0.2, 0.25) is 0 Å². The average molecular weight is 249 g/mol. The second kappa shape index (κ2) is 8.62. The Morgan fingerprint density at radius 3 is 2.71 bits per heavy atom. The Hall–Kier alpha value is -1.51. The van der Waals surface area contributed by atoms with Crippen LogP contribution in [0.5, 0.6) is 0 Å². The predicted molar refractivity (Wildman–Crippen MR) is 70.5 cm³/mol. The van der Waals surface area contributed by atoms with Gasteiger partial charge in [0.1, 0.15) is 0 Å². The van der Waals surface area contributed by atoms with Gasteiger partial charge in [-0.3, -0.25) is 0 Å². The third kappa shape index (κ3) is 5.95. The van der Waals surface area contributed by atoms with Gasteiger partial charge >= 0.3 is 5.97 Å². The van der Waals surface area contributed by atoms with Gasteiger partial charge in [0.05, 0.1) is 17.3 Å². The Bertz CT molecular complexity index is 386. The number of isothiocyanates is 1. The lowest BCUT2D eigenvalue weighted by Crippen LogP contribution is -2.06. The van der Waals surface area contributed by atoms with Gasteiger partial charge in [-0.15, -0.1) is 0 Å². The first-order chi connectivity index (χ1) is 8.34. The van der Waals surface area contributed by atoms with E-state index < -0.39 is 0 Å². The molecule has 0 spiro atoms. The SMILES string of the molecule is O=C(OCCCCCN=C=S)c1ccccc1. The molecule has 0 N–H and O–H groups in total. The van der Waals surface area contributed by atoms with Gasteiger partial charge in [-0.05, 0) is 43.6 Å². The molecule has 0 aliphatic rings. The third-order valence-electron chi connectivity index (χ3n) is 2.22. The second-order valence-electron chi connectivity index (χ2n) is 3.54. The van der Waals surface area contributed by atoms with Gasteiger partial charge in [-0.1, -0.05) is 18.2 Å². The molecule has 0 saturated carbocycles. The number of esters is 1. The molecule has 1 aromatic carbocycles. The number of nitrogens with zero attached hydrogens (tertiary/aromatic N) is 1. The molecule has 0 fully saturated rings. The molecule has 0 aromatic heterocycles. The molecule has 17 heavy (non-hydrogen) atoms. The molecule has 90 valence electrons. The van der Waals surface area contributed by atoms with Gasteiger partial charge in [0, 0.05) is 6.54 Å². The van der Waals surface area contributed by atoms with Gasteiger partial charge in [0.25, 0.3) is 0 Å². The van der Waals surface area contributed by atoms with Crippen LogP contribution in [0.3, 0.4) is 0 Å². The van der Waals surface area contributed by atoms with Crippen LogP contribution in [-0.4, -0.2) is 24.3 Å². The van der Waals surface area contributed by atoms with Crippen LogP contribution in [0.1, 0.15) is 29.6 Å². The van der Waals surface area contributed by atoms with Gasteiger partial charge in [-0.25, -0.2) is 9.79 Å². The monoisotopic (exact) mass is 249 g/mol. The molecule has 0 aliphatic carbocycles. The lowest BCUT2D eigenvalue weighted by atomic mass is 10.2. The molecule has 0 unspecified atom stereocenters. The summed E-state index contributed by atoms with van der Waals surface area (Å²) >= 11 is 4.46. The van der Waals surface area contributed by atoms with Crippen LogP contribution in [0, 0.1) is 0 Å². The van der Waals surface area contributed by atoms with E-state index in [2.05, 4.69) is 22.4 Å². The van der Waals surface area contributed by atoms with E-state index in [0.29, 0.717) is 18.7 Å². The molecule has 0 heterocycles. The third-order valence-corrected chi connectivity index (χ3v) is 2.35. The van der Waals surface area contributed by atoms with Crippen LogP contribution >= 0.6 is 12.2 Å². The lowest BCUT2D eigenvalue weighted by molar-refractivity contribution is 0.0498. The van der Waals surface area contributed by atoms with E-state index in [1.165, 1.54) is 0 Å². The van der Waals surface area contributed by atoms with Crippen LogP contribution in [0.15, 0.2) is 35.3 Å². The number of benzene rings is 1. The summed E-state index contributed by atoms with van der Waals surface area (Å²) in [5, 5.41) is 2.32. The van der Waals surface area contributed by atoms with Crippen LogP contribution in [-0.2, 0) is 4.74 Å². The van der Waals surface area contributed by atoms with Gasteiger partial charge in [-0.2, -0.15) is 0 Å². The summed E-state index contributed by atoms with van der Waals surface area (Å²) in [5.74, 6) is -0.262. The van der Waals surface area contributed by atoms with Crippen LogP contribution < -0.4 is 0 Å². The van der Waals surface area contributed by atoms with E-state index >= 15 is 0 Å². The van der Waals surface area contributed by atoms with Crippen molar-refractivity contribution in [1.82, 2.24) is 0 Å². The smallest absolute Gasteiger partial charge is 0.338 e. The number of thiocarbonyl (C=S) groups is 1. The zero-order chi connectivity index (χ0) is 12.3. The Morgan fingerprint density at radius 2 is 2.00 bits per heavy atom. The number of rotatable bonds is 7. The molecule has 0 amide bonds. The van der Waals surface area contributed by atoms with Crippen LogP contribution in [0.4, 0.5) is 0 Å².